The Morgan fingerprint density at radius 1 is 1.00 bits per heavy atom. The van der Waals surface area contributed by atoms with Gasteiger partial charge in [-0.15, -0.1) is 0 Å². The average molecular weight is 211 g/mol. The number of hydrogen-bond donors (Lipinski definition) is 0. The monoisotopic (exact) mass is 211 g/mol. The standard InChI is InChI=1S/C14H10FN/c15-9-11-5-7-12(8-6-11)14-4-2-1-3-13(14)10-16/h1-8H,9H2. The highest BCUT2D eigenvalue weighted by Crippen LogP contribution is 2.23. The molecule has 0 heterocycles. The molecule has 0 aliphatic carbocycles. The maximum atomic E-state index is 12.4. The summed E-state index contributed by atoms with van der Waals surface area (Å²) in [7, 11) is 0. The van der Waals surface area contributed by atoms with Crippen molar-refractivity contribution in [3.63, 3.8) is 0 Å². The van der Waals surface area contributed by atoms with Gasteiger partial charge in [-0.3, -0.25) is 0 Å². The van der Waals surface area contributed by atoms with Crippen molar-refractivity contribution in [1.29, 1.82) is 5.26 Å². The lowest BCUT2D eigenvalue weighted by atomic mass is 10.00. The maximum Gasteiger partial charge on any atom is 0.115 e. The van der Waals surface area contributed by atoms with Crippen LogP contribution in [-0.2, 0) is 6.67 Å². The van der Waals surface area contributed by atoms with Crippen LogP contribution in [-0.4, -0.2) is 0 Å². The zero-order valence-electron chi connectivity index (χ0n) is 8.65. The van der Waals surface area contributed by atoms with E-state index in [2.05, 4.69) is 6.07 Å². The third kappa shape index (κ3) is 1.94. The zero-order valence-corrected chi connectivity index (χ0v) is 8.65. The minimum atomic E-state index is -0.458. The van der Waals surface area contributed by atoms with E-state index in [1.54, 1.807) is 18.2 Å². The highest BCUT2D eigenvalue weighted by Gasteiger charge is 2.03. The average Bonchev–Trinajstić information content (AvgIpc) is 2.39. The summed E-state index contributed by atoms with van der Waals surface area (Å²) in [4.78, 5) is 0. The Morgan fingerprint density at radius 2 is 1.69 bits per heavy atom. The number of halogens is 1. The van der Waals surface area contributed by atoms with E-state index in [0.29, 0.717) is 11.1 Å². The molecule has 0 aromatic heterocycles. The van der Waals surface area contributed by atoms with Crippen molar-refractivity contribution >= 4 is 0 Å². The van der Waals surface area contributed by atoms with Crippen molar-refractivity contribution in [2.45, 2.75) is 6.67 Å². The van der Waals surface area contributed by atoms with E-state index in [-0.39, 0.29) is 0 Å². The van der Waals surface area contributed by atoms with Gasteiger partial charge in [0, 0.05) is 0 Å². The van der Waals surface area contributed by atoms with Gasteiger partial charge in [0.05, 0.1) is 11.6 Å². The van der Waals surface area contributed by atoms with Crippen molar-refractivity contribution in [3.8, 4) is 17.2 Å². The largest absolute Gasteiger partial charge is 0.246 e. The van der Waals surface area contributed by atoms with E-state index in [4.69, 9.17) is 5.26 Å². The van der Waals surface area contributed by atoms with Crippen LogP contribution >= 0.6 is 0 Å². The summed E-state index contributed by atoms with van der Waals surface area (Å²) in [6, 6.07) is 16.7. The van der Waals surface area contributed by atoms with Crippen LogP contribution in [0.1, 0.15) is 11.1 Å². The first-order chi connectivity index (χ1) is 7.85. The predicted octanol–water partition coefficient (Wildman–Crippen LogP) is 3.69. The van der Waals surface area contributed by atoms with E-state index in [9.17, 15) is 4.39 Å². The van der Waals surface area contributed by atoms with Gasteiger partial charge in [0.2, 0.25) is 0 Å². The molecule has 0 N–H and O–H groups in total. The summed E-state index contributed by atoms with van der Waals surface area (Å²) in [5.74, 6) is 0. The summed E-state index contributed by atoms with van der Waals surface area (Å²) in [6.45, 7) is -0.458. The van der Waals surface area contributed by atoms with Crippen LogP contribution < -0.4 is 0 Å². The van der Waals surface area contributed by atoms with E-state index < -0.39 is 6.67 Å². The molecular formula is C14H10FN. The van der Waals surface area contributed by atoms with Crippen LogP contribution in [0.25, 0.3) is 11.1 Å². The second-order valence-corrected chi connectivity index (χ2v) is 3.49. The van der Waals surface area contributed by atoms with Crippen LogP contribution in [0.2, 0.25) is 0 Å². The van der Waals surface area contributed by atoms with Gasteiger partial charge in [-0.05, 0) is 22.8 Å². The van der Waals surface area contributed by atoms with Gasteiger partial charge in [0.15, 0.2) is 0 Å². The quantitative estimate of drug-likeness (QED) is 0.743. The Kier molecular flexibility index (Phi) is 2.98. The van der Waals surface area contributed by atoms with Crippen LogP contribution in [0, 0.1) is 11.3 Å². The molecule has 0 spiro atoms. The molecule has 0 aliphatic heterocycles. The van der Waals surface area contributed by atoms with Crippen molar-refractivity contribution in [2.24, 2.45) is 0 Å². The molecule has 0 saturated carbocycles. The van der Waals surface area contributed by atoms with Gasteiger partial charge < -0.3 is 0 Å². The second kappa shape index (κ2) is 4.59. The van der Waals surface area contributed by atoms with Crippen molar-refractivity contribution in [2.75, 3.05) is 0 Å². The fourth-order valence-electron chi connectivity index (χ4n) is 1.61. The van der Waals surface area contributed by atoms with Crippen LogP contribution in [0.3, 0.4) is 0 Å². The van der Waals surface area contributed by atoms with Crippen LogP contribution in [0.5, 0.6) is 0 Å². The summed E-state index contributed by atoms with van der Waals surface area (Å²) < 4.78 is 12.4. The lowest BCUT2D eigenvalue weighted by molar-refractivity contribution is 0.485. The van der Waals surface area contributed by atoms with Gasteiger partial charge in [0.25, 0.3) is 0 Å². The Morgan fingerprint density at radius 3 is 2.31 bits per heavy atom. The Bertz CT molecular complexity index is 523. The molecule has 0 aliphatic rings. The summed E-state index contributed by atoms with van der Waals surface area (Å²) in [6.07, 6.45) is 0. The lowest BCUT2D eigenvalue weighted by Crippen LogP contribution is -1.84. The molecule has 0 saturated heterocycles. The number of benzene rings is 2. The first kappa shape index (κ1) is 10.4. The zero-order chi connectivity index (χ0) is 11.4. The van der Waals surface area contributed by atoms with Crippen molar-refractivity contribution in [1.82, 2.24) is 0 Å². The predicted molar refractivity (Wildman–Crippen MR) is 61.4 cm³/mol. The van der Waals surface area contributed by atoms with Gasteiger partial charge in [-0.25, -0.2) is 4.39 Å². The van der Waals surface area contributed by atoms with Crippen LogP contribution in [0.15, 0.2) is 48.5 Å². The normalized spacial score (nSPS) is 9.75. The highest BCUT2D eigenvalue weighted by molar-refractivity contribution is 5.70. The third-order valence-electron chi connectivity index (χ3n) is 2.47. The Labute approximate surface area is 93.8 Å². The van der Waals surface area contributed by atoms with Crippen molar-refractivity contribution < 1.29 is 4.39 Å². The summed E-state index contributed by atoms with van der Waals surface area (Å²) in [5, 5.41) is 8.97. The number of nitriles is 1. The number of hydrogen-bond acceptors (Lipinski definition) is 1. The molecule has 0 radical (unpaired) electrons. The topological polar surface area (TPSA) is 23.8 Å². The highest BCUT2D eigenvalue weighted by atomic mass is 19.1. The Balaban J connectivity index is 2.47. The molecule has 2 rings (SSSR count). The van der Waals surface area contributed by atoms with Gasteiger partial charge in [-0.2, -0.15) is 5.26 Å². The van der Waals surface area contributed by atoms with E-state index in [1.165, 1.54) is 0 Å². The summed E-state index contributed by atoms with van der Waals surface area (Å²) >= 11 is 0. The molecule has 1 nitrogen and oxygen atoms in total. The third-order valence-corrected chi connectivity index (χ3v) is 2.47. The minimum Gasteiger partial charge on any atom is -0.246 e. The fourth-order valence-corrected chi connectivity index (χ4v) is 1.61. The molecule has 78 valence electrons. The molecule has 2 aromatic rings. The van der Waals surface area contributed by atoms with Crippen molar-refractivity contribution in [3.05, 3.63) is 59.7 Å². The molecule has 0 fully saturated rings. The maximum absolute atomic E-state index is 12.4. The van der Waals surface area contributed by atoms with E-state index >= 15 is 0 Å². The first-order valence-corrected chi connectivity index (χ1v) is 4.99. The Hall–Kier alpha value is -2.14. The number of rotatable bonds is 2. The molecule has 16 heavy (non-hydrogen) atoms. The number of alkyl halides is 1. The van der Waals surface area contributed by atoms with Gasteiger partial charge in [-0.1, -0.05) is 42.5 Å². The van der Waals surface area contributed by atoms with E-state index in [1.807, 2.05) is 30.3 Å². The first-order valence-electron chi connectivity index (χ1n) is 4.99. The fraction of sp³-hybridized carbons (Fsp3) is 0.0714. The molecule has 0 amide bonds. The summed E-state index contributed by atoms with van der Waals surface area (Å²) in [5.41, 5.74) is 3.11. The minimum absolute atomic E-state index is 0.458. The van der Waals surface area contributed by atoms with Gasteiger partial charge >= 0.3 is 0 Å². The molecule has 0 bridgehead atoms. The molecule has 2 heteroatoms. The number of nitrogens with zero attached hydrogens (tertiary/aromatic N) is 1. The molecule has 2 aromatic carbocycles. The van der Waals surface area contributed by atoms with Gasteiger partial charge in [0.1, 0.15) is 6.67 Å². The van der Waals surface area contributed by atoms with Crippen LogP contribution in [0.4, 0.5) is 4.39 Å². The SMILES string of the molecule is N#Cc1ccccc1-c1ccc(CF)cc1. The smallest absolute Gasteiger partial charge is 0.115 e. The van der Waals surface area contributed by atoms with E-state index in [0.717, 1.165) is 11.1 Å². The second-order valence-electron chi connectivity index (χ2n) is 3.49. The molecular weight excluding hydrogens is 201 g/mol. The lowest BCUT2D eigenvalue weighted by Gasteiger charge is -2.04. The molecule has 0 atom stereocenters. The molecule has 0 unspecified atom stereocenters.